The summed E-state index contributed by atoms with van der Waals surface area (Å²) in [6, 6.07) is -0.838. The van der Waals surface area contributed by atoms with Crippen LogP contribution < -0.4 is 0 Å². The quantitative estimate of drug-likeness (QED) is 0.319. The molecule has 10 heteroatoms. The van der Waals surface area contributed by atoms with Crippen molar-refractivity contribution in [3.05, 3.63) is 10.4 Å². The van der Waals surface area contributed by atoms with Crippen molar-refractivity contribution in [1.82, 2.24) is 0 Å². The summed E-state index contributed by atoms with van der Waals surface area (Å²) in [6.07, 6.45) is -3.05. The molecule has 5 atom stereocenters. The maximum absolute atomic E-state index is 11.2. The first-order valence-corrected chi connectivity index (χ1v) is 7.09. The van der Waals surface area contributed by atoms with Crippen LogP contribution in [-0.2, 0) is 33.3 Å². The molecule has 0 aromatic rings. The first-order valence-electron chi connectivity index (χ1n) is 7.09. The van der Waals surface area contributed by atoms with E-state index in [1.807, 2.05) is 0 Å². The van der Waals surface area contributed by atoms with Crippen molar-refractivity contribution < 1.29 is 33.3 Å². The van der Waals surface area contributed by atoms with Gasteiger partial charge in [0, 0.05) is 18.8 Å². The molecule has 0 unspecified atom stereocenters. The van der Waals surface area contributed by atoms with Crippen LogP contribution in [0.3, 0.4) is 0 Å². The van der Waals surface area contributed by atoms with E-state index in [1.54, 1.807) is 13.8 Å². The second-order valence-electron chi connectivity index (χ2n) is 5.72. The zero-order valence-corrected chi connectivity index (χ0v) is 13.3. The second kappa shape index (κ2) is 6.71. The van der Waals surface area contributed by atoms with Crippen LogP contribution in [0.25, 0.3) is 10.4 Å². The summed E-state index contributed by atoms with van der Waals surface area (Å²) in [5.41, 5.74) is 8.72. The predicted molar refractivity (Wildman–Crippen MR) is 73.8 cm³/mol. The highest BCUT2D eigenvalue weighted by molar-refractivity contribution is 5.66. The highest BCUT2D eigenvalue weighted by Gasteiger charge is 2.58. The number of nitrogens with zero attached hydrogens (tertiary/aromatic N) is 3. The Morgan fingerprint density at radius 1 is 1.26 bits per heavy atom. The van der Waals surface area contributed by atoms with Crippen molar-refractivity contribution in [2.75, 3.05) is 6.61 Å². The van der Waals surface area contributed by atoms with Crippen LogP contribution in [0.15, 0.2) is 5.11 Å². The Hall–Kier alpha value is -1.87. The van der Waals surface area contributed by atoms with Crippen molar-refractivity contribution in [1.29, 1.82) is 0 Å². The summed E-state index contributed by atoms with van der Waals surface area (Å²) < 4.78 is 27.1. The molecule has 2 saturated heterocycles. The molecule has 128 valence electrons. The number of rotatable bonds is 5. The van der Waals surface area contributed by atoms with Gasteiger partial charge in [-0.3, -0.25) is 9.59 Å². The highest BCUT2D eigenvalue weighted by Crippen LogP contribution is 2.40. The van der Waals surface area contributed by atoms with Gasteiger partial charge in [0.1, 0.15) is 24.9 Å². The average Bonchev–Trinajstić information content (AvgIpc) is 2.89. The number of azide groups is 1. The van der Waals surface area contributed by atoms with E-state index >= 15 is 0 Å². The van der Waals surface area contributed by atoms with Crippen LogP contribution >= 0.6 is 0 Å². The van der Waals surface area contributed by atoms with E-state index in [-0.39, 0.29) is 6.61 Å². The van der Waals surface area contributed by atoms with Crippen LogP contribution in [0.1, 0.15) is 27.7 Å². The molecule has 0 aromatic carbocycles. The number of ether oxygens (including phenoxy) is 5. The lowest BCUT2D eigenvalue weighted by atomic mass is 10.1. The van der Waals surface area contributed by atoms with Gasteiger partial charge in [0.15, 0.2) is 11.9 Å². The summed E-state index contributed by atoms with van der Waals surface area (Å²) in [6.45, 7) is 5.73. The fraction of sp³-hybridized carbons (Fsp3) is 0.846. The van der Waals surface area contributed by atoms with Crippen molar-refractivity contribution in [3.8, 4) is 0 Å². The van der Waals surface area contributed by atoms with Crippen molar-refractivity contribution in [2.24, 2.45) is 5.11 Å². The predicted octanol–water partition coefficient (Wildman–Crippen LogP) is 1.04. The zero-order valence-electron chi connectivity index (χ0n) is 13.3. The van der Waals surface area contributed by atoms with Gasteiger partial charge in [-0.25, -0.2) is 0 Å². The van der Waals surface area contributed by atoms with Crippen molar-refractivity contribution in [2.45, 2.75) is 64.1 Å². The van der Waals surface area contributed by atoms with Gasteiger partial charge in [-0.05, 0) is 19.4 Å². The minimum absolute atomic E-state index is 0.177. The molecule has 0 N–H and O–H groups in total. The fourth-order valence-corrected chi connectivity index (χ4v) is 2.62. The molecule has 0 aliphatic carbocycles. The summed E-state index contributed by atoms with van der Waals surface area (Å²) in [7, 11) is 0. The third kappa shape index (κ3) is 4.11. The summed E-state index contributed by atoms with van der Waals surface area (Å²) >= 11 is 0. The van der Waals surface area contributed by atoms with Crippen LogP contribution in [0, 0.1) is 0 Å². The van der Waals surface area contributed by atoms with Crippen molar-refractivity contribution >= 4 is 11.9 Å². The highest BCUT2D eigenvalue weighted by atomic mass is 16.8. The van der Waals surface area contributed by atoms with E-state index in [9.17, 15) is 9.59 Å². The molecule has 2 aliphatic rings. The smallest absolute Gasteiger partial charge is 0.305 e. The van der Waals surface area contributed by atoms with Gasteiger partial charge in [0.25, 0.3) is 0 Å². The van der Waals surface area contributed by atoms with Gasteiger partial charge in [0.2, 0.25) is 6.29 Å². The van der Waals surface area contributed by atoms with Gasteiger partial charge in [-0.1, -0.05) is 5.11 Å². The molecular formula is C13H19N3O7. The molecule has 2 rings (SSSR count). The number of carbonyl (C=O) groups is 2. The molecule has 2 heterocycles. The van der Waals surface area contributed by atoms with Crippen LogP contribution in [0.4, 0.5) is 0 Å². The van der Waals surface area contributed by atoms with E-state index in [1.165, 1.54) is 13.8 Å². The summed E-state index contributed by atoms with van der Waals surface area (Å²) in [5, 5.41) is 3.60. The van der Waals surface area contributed by atoms with Gasteiger partial charge in [-0.2, -0.15) is 0 Å². The monoisotopic (exact) mass is 329 g/mol. The average molecular weight is 329 g/mol. The summed E-state index contributed by atoms with van der Waals surface area (Å²) in [4.78, 5) is 24.9. The molecule has 0 saturated carbocycles. The molecule has 2 aliphatic heterocycles. The Morgan fingerprint density at radius 3 is 2.48 bits per heavy atom. The van der Waals surface area contributed by atoms with E-state index in [2.05, 4.69) is 10.0 Å². The molecule has 10 nitrogen and oxygen atoms in total. The Kier molecular flexibility index (Phi) is 5.10. The molecule has 0 aromatic heterocycles. The van der Waals surface area contributed by atoms with E-state index in [0.717, 1.165) is 0 Å². The minimum Gasteiger partial charge on any atom is -0.465 e. The Labute approximate surface area is 132 Å². The molecule has 0 spiro atoms. The maximum Gasteiger partial charge on any atom is 0.305 e. The van der Waals surface area contributed by atoms with E-state index < -0.39 is 48.4 Å². The topological polar surface area (TPSA) is 129 Å². The number of hydrogen-bond acceptors (Lipinski definition) is 8. The first kappa shape index (κ1) is 17.5. The lowest BCUT2D eigenvalue weighted by molar-refractivity contribution is -0.233. The fourth-order valence-electron chi connectivity index (χ4n) is 2.62. The zero-order chi connectivity index (χ0) is 17.2. The lowest BCUT2D eigenvalue weighted by Crippen LogP contribution is -2.40. The van der Waals surface area contributed by atoms with E-state index in [0.29, 0.717) is 0 Å². The van der Waals surface area contributed by atoms with Gasteiger partial charge >= 0.3 is 11.9 Å². The molecule has 0 radical (unpaired) electrons. The summed E-state index contributed by atoms with van der Waals surface area (Å²) in [5.74, 6) is -1.96. The lowest BCUT2D eigenvalue weighted by Gasteiger charge is -2.26. The largest absolute Gasteiger partial charge is 0.465 e. The third-order valence-corrected chi connectivity index (χ3v) is 3.37. The van der Waals surface area contributed by atoms with Gasteiger partial charge < -0.3 is 23.7 Å². The number of esters is 2. The van der Waals surface area contributed by atoms with Crippen LogP contribution in [0.5, 0.6) is 0 Å². The van der Waals surface area contributed by atoms with Gasteiger partial charge in [0.05, 0.1) is 0 Å². The van der Waals surface area contributed by atoms with Crippen LogP contribution in [0.2, 0.25) is 0 Å². The number of hydrogen-bond donors (Lipinski definition) is 0. The van der Waals surface area contributed by atoms with Crippen LogP contribution in [-0.4, -0.2) is 55.0 Å². The molecule has 2 fully saturated rings. The molecule has 0 bridgehead atoms. The number of carbonyl (C=O) groups excluding carboxylic acids is 2. The van der Waals surface area contributed by atoms with E-state index in [4.69, 9.17) is 29.2 Å². The molecular weight excluding hydrogens is 310 g/mol. The first-order chi connectivity index (χ1) is 10.7. The molecule has 0 amide bonds. The second-order valence-corrected chi connectivity index (χ2v) is 5.72. The Bertz CT molecular complexity index is 532. The number of fused-ring (bicyclic) bond motifs is 1. The minimum atomic E-state index is -0.988. The maximum atomic E-state index is 11.2. The van der Waals surface area contributed by atoms with Gasteiger partial charge in [-0.15, -0.1) is 0 Å². The normalized spacial score (nSPS) is 32.5. The third-order valence-electron chi connectivity index (χ3n) is 3.37. The van der Waals surface area contributed by atoms with Crippen molar-refractivity contribution in [3.63, 3.8) is 0 Å². The Morgan fingerprint density at radius 2 is 1.91 bits per heavy atom. The Balaban J connectivity index is 2.20. The molecule has 23 heavy (non-hydrogen) atoms. The SMILES string of the molecule is CC(=O)OC[C@@H](N=[N+]=[N-])[C@H]1O[C@H](OC(C)=O)[C@H]2OC(C)(C)O[C@H]21. The standard InChI is InChI=1S/C13H19N3O7/c1-6(17)19-5-8(15-16-14)9-10-11(23-13(3,4)22-10)12(21-9)20-7(2)18/h8-12H,5H2,1-4H3/t8-,9-,10+,11+,12+/m1/s1.